The van der Waals surface area contributed by atoms with Gasteiger partial charge in [0, 0.05) is 66.8 Å². The van der Waals surface area contributed by atoms with Crippen LogP contribution in [0.1, 0.15) is 79.0 Å². The number of benzene rings is 9. The van der Waals surface area contributed by atoms with Gasteiger partial charge in [0.05, 0.1) is 0 Å². The van der Waals surface area contributed by atoms with Crippen molar-refractivity contribution in [3.63, 3.8) is 0 Å². The molecule has 0 saturated carbocycles. The van der Waals surface area contributed by atoms with Crippen LogP contribution < -0.4 is 26.2 Å². The van der Waals surface area contributed by atoms with E-state index in [1.807, 2.05) is 12.1 Å². The molecule has 4 heterocycles. The van der Waals surface area contributed by atoms with Crippen LogP contribution in [0.4, 0.5) is 34.1 Å². The number of rotatable bonds is 4. The molecule has 4 nitrogen and oxygen atoms in total. The molecule has 13 rings (SSSR count). The molecule has 5 heteroatoms. The van der Waals surface area contributed by atoms with E-state index in [0.717, 1.165) is 77.5 Å². The monoisotopic (exact) mass is 920 g/mol. The van der Waals surface area contributed by atoms with Crippen LogP contribution >= 0.6 is 0 Å². The number of anilines is 6. The first-order chi connectivity index (χ1) is 34.1. The molecular weight excluding hydrogens is 864 g/mol. The first-order valence-corrected chi connectivity index (χ1v) is 25.2. The summed E-state index contributed by atoms with van der Waals surface area (Å²) < 4.78 is 13.3. The van der Waals surface area contributed by atoms with E-state index in [-0.39, 0.29) is 23.0 Å². The number of fused-ring (bicyclic) bond motifs is 10. The van der Waals surface area contributed by atoms with E-state index >= 15 is 0 Å². The van der Waals surface area contributed by atoms with Crippen molar-refractivity contribution in [2.24, 2.45) is 0 Å². The number of hydrogen-bond acceptors (Lipinski definition) is 4. The summed E-state index contributed by atoms with van der Waals surface area (Å²) >= 11 is 0. The van der Waals surface area contributed by atoms with E-state index in [9.17, 15) is 0 Å². The zero-order valence-corrected chi connectivity index (χ0v) is 42.1. The Morgan fingerprint density at radius 2 is 0.803 bits per heavy atom. The summed E-state index contributed by atoms with van der Waals surface area (Å²) in [6.45, 7) is 21.0. The van der Waals surface area contributed by atoms with Gasteiger partial charge in [-0.05, 0) is 121 Å². The zero-order valence-electron chi connectivity index (χ0n) is 42.1. The number of hydrogen-bond donors (Lipinski definition) is 0. The number of para-hydroxylation sites is 4. The van der Waals surface area contributed by atoms with Gasteiger partial charge >= 0.3 is 0 Å². The summed E-state index contributed by atoms with van der Waals surface area (Å²) in [4.78, 5) is 5.13. The highest BCUT2D eigenvalue weighted by Crippen LogP contribution is 2.49. The second-order valence-corrected chi connectivity index (χ2v) is 23.0. The lowest BCUT2D eigenvalue weighted by molar-refractivity contribution is 0.589. The Labute approximate surface area is 417 Å². The average Bonchev–Trinajstić information content (AvgIpc) is 3.94. The highest BCUT2D eigenvalue weighted by molar-refractivity contribution is 7.00. The fourth-order valence-electron chi connectivity index (χ4n) is 11.5. The van der Waals surface area contributed by atoms with Crippen molar-refractivity contribution in [1.82, 2.24) is 0 Å². The van der Waals surface area contributed by atoms with Gasteiger partial charge in [-0.1, -0.05) is 184 Å². The first-order valence-electron chi connectivity index (χ1n) is 25.2. The normalized spacial score (nSPS) is 13.6. The van der Waals surface area contributed by atoms with E-state index in [0.29, 0.717) is 0 Å². The van der Waals surface area contributed by atoms with Gasteiger partial charge in [0.15, 0.2) is 0 Å². The van der Waals surface area contributed by atoms with Crippen LogP contribution in [0, 0.1) is 0 Å². The second kappa shape index (κ2) is 15.4. The minimum absolute atomic E-state index is 0.0252. The molecule has 0 radical (unpaired) electrons. The maximum absolute atomic E-state index is 6.66. The zero-order chi connectivity index (χ0) is 48.7. The predicted octanol–water partition coefficient (Wildman–Crippen LogP) is 16.8. The summed E-state index contributed by atoms with van der Waals surface area (Å²) in [5, 5.41) is 4.52. The summed E-state index contributed by atoms with van der Waals surface area (Å²) in [5.74, 6) is 0. The molecule has 2 aromatic heterocycles. The molecule has 0 aliphatic carbocycles. The lowest BCUT2D eigenvalue weighted by Crippen LogP contribution is -2.61. The molecule has 346 valence electrons. The van der Waals surface area contributed by atoms with Crippen LogP contribution in [0.2, 0.25) is 0 Å². The van der Waals surface area contributed by atoms with Gasteiger partial charge < -0.3 is 18.6 Å². The van der Waals surface area contributed by atoms with E-state index in [4.69, 9.17) is 8.83 Å². The summed E-state index contributed by atoms with van der Waals surface area (Å²) in [6, 6.07) is 67.6. The van der Waals surface area contributed by atoms with Gasteiger partial charge in [-0.25, -0.2) is 0 Å². The number of nitrogens with zero attached hydrogens (tertiary/aromatic N) is 2. The van der Waals surface area contributed by atoms with Crippen molar-refractivity contribution < 1.29 is 8.83 Å². The Morgan fingerprint density at radius 1 is 0.352 bits per heavy atom. The fraction of sp³-hybridized carbons (Fsp3) is 0.182. The van der Waals surface area contributed by atoms with Crippen molar-refractivity contribution in [2.45, 2.75) is 78.6 Å². The Bertz CT molecular complexity index is 3980. The molecular formula is C66H57BN2O2. The van der Waals surface area contributed by atoms with Gasteiger partial charge in [-0.2, -0.15) is 0 Å². The average molecular weight is 921 g/mol. The molecule has 9 aromatic carbocycles. The molecule has 0 atom stereocenters. The molecule has 0 spiro atoms. The SMILES string of the molecule is CC(C)(C)c1ccc2c(c1)B1c3ccc(C(C)(C)C)cc3N(c3cccc(-c4cccc5c4oc4ccccc45)c3)c3cc(C(C)(C)C)cc(c31)N2c1cccc(-c2cccc3c2oc2ccccc23)c1. The quantitative estimate of drug-likeness (QED) is 0.165. The molecule has 0 N–H and O–H groups in total. The van der Waals surface area contributed by atoms with Gasteiger partial charge in [0.25, 0.3) is 6.71 Å². The number of furan rings is 2. The third kappa shape index (κ3) is 6.80. The van der Waals surface area contributed by atoms with Gasteiger partial charge in [-0.15, -0.1) is 0 Å². The summed E-state index contributed by atoms with van der Waals surface area (Å²) in [5.41, 5.74) is 22.6. The van der Waals surface area contributed by atoms with E-state index in [2.05, 4.69) is 242 Å². The molecule has 11 aromatic rings. The van der Waals surface area contributed by atoms with Crippen molar-refractivity contribution in [3.05, 3.63) is 199 Å². The molecule has 0 bridgehead atoms. The predicted molar refractivity (Wildman–Crippen MR) is 302 cm³/mol. The lowest BCUT2D eigenvalue weighted by Gasteiger charge is -2.45. The maximum atomic E-state index is 6.66. The Hall–Kier alpha value is -7.76. The van der Waals surface area contributed by atoms with Crippen LogP contribution in [0.3, 0.4) is 0 Å². The summed E-state index contributed by atoms with van der Waals surface area (Å²) in [6.07, 6.45) is 0. The largest absolute Gasteiger partial charge is 0.455 e. The highest BCUT2D eigenvalue weighted by atomic mass is 16.3. The van der Waals surface area contributed by atoms with Crippen LogP contribution in [0.15, 0.2) is 191 Å². The third-order valence-electron chi connectivity index (χ3n) is 15.3. The highest BCUT2D eigenvalue weighted by Gasteiger charge is 2.45. The van der Waals surface area contributed by atoms with E-state index in [1.165, 1.54) is 55.8 Å². The van der Waals surface area contributed by atoms with Gasteiger partial charge in [0.1, 0.15) is 22.3 Å². The van der Waals surface area contributed by atoms with Crippen LogP contribution in [0.25, 0.3) is 66.1 Å². The van der Waals surface area contributed by atoms with Crippen LogP contribution in [-0.2, 0) is 16.2 Å². The second-order valence-electron chi connectivity index (χ2n) is 23.0. The lowest BCUT2D eigenvalue weighted by atomic mass is 9.33. The van der Waals surface area contributed by atoms with Crippen molar-refractivity contribution in [1.29, 1.82) is 0 Å². The van der Waals surface area contributed by atoms with E-state index in [1.54, 1.807) is 0 Å². The van der Waals surface area contributed by atoms with Gasteiger partial charge in [-0.3, -0.25) is 0 Å². The smallest absolute Gasteiger partial charge is 0.252 e. The standard InChI is InChI=1S/C66H57BN2O2/c1-64(2,3)42-31-33-55-54(36-42)67-53-32-30-43(65(4,5)6)37-56(53)69(46-21-15-19-41(35-46)48-25-17-27-52-50-23-11-13-29-60(50)71-63(48)52)58-39-44(66(7,8)9)38-57(61(58)67)68(55)45-20-14-18-40(34-45)47-24-16-26-51-49-22-10-12-28-59(49)70-62(47)51/h10-39H,1-9H3. The molecule has 0 fully saturated rings. The molecule has 0 unspecified atom stereocenters. The molecule has 71 heavy (non-hydrogen) atoms. The Morgan fingerprint density at radius 3 is 1.34 bits per heavy atom. The topological polar surface area (TPSA) is 32.8 Å². The van der Waals surface area contributed by atoms with Crippen LogP contribution in [0.5, 0.6) is 0 Å². The van der Waals surface area contributed by atoms with E-state index < -0.39 is 0 Å². The Kier molecular flexibility index (Phi) is 9.37. The van der Waals surface area contributed by atoms with Crippen molar-refractivity contribution in [2.75, 3.05) is 9.80 Å². The molecule has 0 amide bonds. The fourth-order valence-corrected chi connectivity index (χ4v) is 11.5. The first kappa shape index (κ1) is 43.3. The van der Waals surface area contributed by atoms with Crippen molar-refractivity contribution in [3.8, 4) is 22.3 Å². The summed E-state index contributed by atoms with van der Waals surface area (Å²) in [7, 11) is 0. The Balaban J connectivity index is 1.08. The molecule has 2 aliphatic heterocycles. The molecule has 2 aliphatic rings. The van der Waals surface area contributed by atoms with Crippen molar-refractivity contribution >= 4 is 101 Å². The van der Waals surface area contributed by atoms with Crippen LogP contribution in [-0.4, -0.2) is 6.71 Å². The minimum atomic E-state index is -0.167. The molecule has 0 saturated heterocycles. The van der Waals surface area contributed by atoms with Gasteiger partial charge in [0.2, 0.25) is 0 Å². The minimum Gasteiger partial charge on any atom is -0.455 e. The maximum Gasteiger partial charge on any atom is 0.252 e. The third-order valence-corrected chi connectivity index (χ3v) is 15.3.